The largest absolute Gasteiger partial charge is 0.389 e. The number of aliphatic hydroxyl groups is 1. The van der Waals surface area contributed by atoms with Crippen LogP contribution in [-0.4, -0.2) is 21.9 Å². The summed E-state index contributed by atoms with van der Waals surface area (Å²) in [5.74, 6) is 0.272. The van der Waals surface area contributed by atoms with Gasteiger partial charge < -0.3 is 9.84 Å². The first kappa shape index (κ1) is 11.2. The fraction of sp³-hybridized carbons (Fsp3) is 0.846. The van der Waals surface area contributed by atoms with Crippen molar-refractivity contribution < 1.29 is 9.84 Å². The highest BCUT2D eigenvalue weighted by molar-refractivity contribution is 5.26. The van der Waals surface area contributed by atoms with Gasteiger partial charge in [0.15, 0.2) is 0 Å². The SMILES string of the molecule is CCC1(O)[C@@H](C)[C@@]2(C)C=C[C@](C)(O2)[C@H]1C. The molecule has 0 saturated carbocycles. The summed E-state index contributed by atoms with van der Waals surface area (Å²) in [4.78, 5) is 0. The fourth-order valence-electron chi connectivity index (χ4n) is 3.32. The molecule has 2 heteroatoms. The highest BCUT2D eigenvalue weighted by atomic mass is 16.5. The van der Waals surface area contributed by atoms with E-state index < -0.39 is 5.60 Å². The van der Waals surface area contributed by atoms with Crippen LogP contribution in [0.5, 0.6) is 0 Å². The Balaban J connectivity index is 2.48. The lowest BCUT2D eigenvalue weighted by atomic mass is 9.64. The molecule has 1 N–H and O–H groups in total. The Morgan fingerprint density at radius 3 is 1.87 bits per heavy atom. The van der Waals surface area contributed by atoms with Gasteiger partial charge in [-0.15, -0.1) is 0 Å². The third-order valence-corrected chi connectivity index (χ3v) is 4.97. The standard InChI is InChI=1S/C13H22O2/c1-6-13(14)9(2)11(4)7-8-12(5,15-11)10(13)3/h7-10,14H,6H2,1-5H3/t9-,10+,11+,12-,13?. The molecule has 1 fully saturated rings. The second-order valence-electron chi connectivity index (χ2n) is 5.59. The van der Waals surface area contributed by atoms with Crippen LogP contribution in [0.15, 0.2) is 12.2 Å². The van der Waals surface area contributed by atoms with Gasteiger partial charge in [-0.1, -0.05) is 32.9 Å². The number of hydrogen-bond donors (Lipinski definition) is 1. The van der Waals surface area contributed by atoms with Gasteiger partial charge >= 0.3 is 0 Å². The van der Waals surface area contributed by atoms with Crippen molar-refractivity contribution >= 4 is 0 Å². The Hall–Kier alpha value is -0.340. The Morgan fingerprint density at radius 2 is 1.53 bits per heavy atom. The van der Waals surface area contributed by atoms with E-state index in [0.717, 1.165) is 6.42 Å². The van der Waals surface area contributed by atoms with Gasteiger partial charge in [-0.2, -0.15) is 0 Å². The van der Waals surface area contributed by atoms with Crippen LogP contribution in [0.1, 0.15) is 41.0 Å². The summed E-state index contributed by atoms with van der Waals surface area (Å²) < 4.78 is 6.12. The lowest BCUT2D eigenvalue weighted by molar-refractivity contribution is -0.252. The van der Waals surface area contributed by atoms with Crippen LogP contribution in [-0.2, 0) is 4.74 Å². The summed E-state index contributed by atoms with van der Waals surface area (Å²) in [5.41, 5.74) is -1.22. The number of rotatable bonds is 1. The van der Waals surface area contributed by atoms with Gasteiger partial charge in [0.1, 0.15) is 0 Å². The number of ether oxygens (including phenoxy) is 1. The average Bonchev–Trinajstić information content (AvgIpc) is 2.51. The van der Waals surface area contributed by atoms with Gasteiger partial charge in [-0.25, -0.2) is 0 Å². The van der Waals surface area contributed by atoms with Crippen molar-refractivity contribution in [1.82, 2.24) is 0 Å². The van der Waals surface area contributed by atoms with Crippen molar-refractivity contribution in [2.24, 2.45) is 11.8 Å². The molecule has 86 valence electrons. The molecule has 1 saturated heterocycles. The van der Waals surface area contributed by atoms with Crippen LogP contribution < -0.4 is 0 Å². The summed E-state index contributed by atoms with van der Waals surface area (Å²) in [6.45, 7) is 10.4. The van der Waals surface area contributed by atoms with Crippen molar-refractivity contribution in [3.05, 3.63) is 12.2 Å². The van der Waals surface area contributed by atoms with Crippen LogP contribution in [0.3, 0.4) is 0 Å². The topological polar surface area (TPSA) is 29.5 Å². The highest BCUT2D eigenvalue weighted by Gasteiger charge is 2.61. The van der Waals surface area contributed by atoms with E-state index in [-0.39, 0.29) is 23.0 Å². The molecule has 0 spiro atoms. The molecule has 0 aliphatic carbocycles. The minimum Gasteiger partial charge on any atom is -0.389 e. The van der Waals surface area contributed by atoms with Gasteiger partial charge in [0.05, 0.1) is 16.8 Å². The Kier molecular flexibility index (Phi) is 2.13. The number of fused-ring (bicyclic) bond motifs is 2. The molecule has 2 aliphatic rings. The Morgan fingerprint density at radius 1 is 1.13 bits per heavy atom. The van der Waals surface area contributed by atoms with E-state index in [1.165, 1.54) is 0 Å². The Bertz CT molecular complexity index is 286. The lowest BCUT2D eigenvalue weighted by Crippen LogP contribution is -2.63. The van der Waals surface area contributed by atoms with Gasteiger partial charge in [0.25, 0.3) is 0 Å². The van der Waals surface area contributed by atoms with Crippen molar-refractivity contribution in [2.75, 3.05) is 0 Å². The van der Waals surface area contributed by atoms with Crippen LogP contribution in [0, 0.1) is 11.8 Å². The van der Waals surface area contributed by atoms with Crippen LogP contribution in [0.2, 0.25) is 0 Å². The maximum atomic E-state index is 10.8. The van der Waals surface area contributed by atoms with Gasteiger partial charge in [0, 0.05) is 11.8 Å². The Labute approximate surface area is 92.3 Å². The molecular weight excluding hydrogens is 188 g/mol. The predicted octanol–water partition coefficient (Wildman–Crippen LogP) is 2.52. The third kappa shape index (κ3) is 1.18. The molecule has 0 amide bonds. The molecule has 5 atom stereocenters. The maximum Gasteiger partial charge on any atom is 0.0900 e. The number of hydrogen-bond acceptors (Lipinski definition) is 2. The van der Waals surface area contributed by atoms with Crippen molar-refractivity contribution in [1.29, 1.82) is 0 Å². The molecule has 2 bridgehead atoms. The fourth-order valence-corrected chi connectivity index (χ4v) is 3.32. The first-order valence-electron chi connectivity index (χ1n) is 5.91. The highest BCUT2D eigenvalue weighted by Crippen LogP contribution is 2.54. The summed E-state index contributed by atoms with van der Waals surface area (Å²) in [5, 5.41) is 10.8. The molecule has 1 unspecified atom stereocenters. The molecule has 0 aromatic rings. The molecule has 0 aromatic heterocycles. The van der Waals surface area contributed by atoms with E-state index in [2.05, 4.69) is 46.8 Å². The summed E-state index contributed by atoms with van der Waals surface area (Å²) >= 11 is 0. The van der Waals surface area contributed by atoms with Crippen molar-refractivity contribution in [2.45, 2.75) is 57.8 Å². The van der Waals surface area contributed by atoms with Crippen LogP contribution >= 0.6 is 0 Å². The van der Waals surface area contributed by atoms with Gasteiger partial charge in [-0.05, 0) is 20.3 Å². The van der Waals surface area contributed by atoms with Crippen molar-refractivity contribution in [3.8, 4) is 0 Å². The normalized spacial score (nSPS) is 58.5. The van der Waals surface area contributed by atoms with E-state index in [1.54, 1.807) is 0 Å². The molecule has 2 aliphatic heterocycles. The molecule has 15 heavy (non-hydrogen) atoms. The zero-order valence-electron chi connectivity index (χ0n) is 10.4. The maximum absolute atomic E-state index is 10.8. The quantitative estimate of drug-likeness (QED) is 0.674. The first-order valence-corrected chi connectivity index (χ1v) is 5.91. The van der Waals surface area contributed by atoms with Gasteiger partial charge in [-0.3, -0.25) is 0 Å². The van der Waals surface area contributed by atoms with Crippen molar-refractivity contribution in [3.63, 3.8) is 0 Å². The summed E-state index contributed by atoms with van der Waals surface area (Å²) in [6, 6.07) is 0. The van der Waals surface area contributed by atoms with Gasteiger partial charge in [0.2, 0.25) is 0 Å². The molecule has 0 radical (unpaired) electrons. The van der Waals surface area contributed by atoms with E-state index in [9.17, 15) is 5.11 Å². The summed E-state index contributed by atoms with van der Waals surface area (Å²) in [6.07, 6.45) is 5.04. The average molecular weight is 210 g/mol. The van der Waals surface area contributed by atoms with E-state index in [1.807, 2.05) is 0 Å². The third-order valence-electron chi connectivity index (χ3n) is 4.97. The van der Waals surface area contributed by atoms with E-state index in [0.29, 0.717) is 0 Å². The minimum absolute atomic E-state index is 0.136. The molecule has 2 nitrogen and oxygen atoms in total. The predicted molar refractivity (Wildman–Crippen MR) is 60.6 cm³/mol. The monoisotopic (exact) mass is 210 g/mol. The lowest BCUT2D eigenvalue weighted by Gasteiger charge is -2.55. The first-order chi connectivity index (χ1) is 6.78. The second kappa shape index (κ2) is 2.86. The molecular formula is C13H22O2. The van der Waals surface area contributed by atoms with Crippen LogP contribution in [0.25, 0.3) is 0 Å². The smallest absolute Gasteiger partial charge is 0.0900 e. The minimum atomic E-state index is -0.620. The molecule has 2 heterocycles. The molecule has 0 aromatic carbocycles. The molecule has 2 rings (SSSR count). The zero-order valence-corrected chi connectivity index (χ0v) is 10.4. The zero-order chi connectivity index (χ0) is 11.5. The summed E-state index contributed by atoms with van der Waals surface area (Å²) in [7, 11) is 0. The van der Waals surface area contributed by atoms with E-state index >= 15 is 0 Å². The van der Waals surface area contributed by atoms with Crippen LogP contribution in [0.4, 0.5) is 0 Å². The van der Waals surface area contributed by atoms with E-state index in [4.69, 9.17) is 4.74 Å². The second-order valence-corrected chi connectivity index (χ2v) is 5.59.